The predicted molar refractivity (Wildman–Crippen MR) is 85.7 cm³/mol. The molecular formula is C19H21NO. The number of carbonyl (C=O) groups is 1. The van der Waals surface area contributed by atoms with E-state index in [-0.39, 0.29) is 5.78 Å². The summed E-state index contributed by atoms with van der Waals surface area (Å²) in [5, 5.41) is 0. The first kappa shape index (κ1) is 14.0. The van der Waals surface area contributed by atoms with Crippen LogP contribution in [0.5, 0.6) is 0 Å². The summed E-state index contributed by atoms with van der Waals surface area (Å²) in [6.45, 7) is 7.30. The van der Waals surface area contributed by atoms with Gasteiger partial charge in [-0.3, -0.25) is 9.69 Å². The fraction of sp³-hybridized carbons (Fsp3) is 0.316. The minimum absolute atomic E-state index is 0.134. The molecule has 0 aromatic heterocycles. The van der Waals surface area contributed by atoms with E-state index in [1.54, 1.807) is 0 Å². The summed E-state index contributed by atoms with van der Waals surface area (Å²) in [5.74, 6) is 0.134. The monoisotopic (exact) mass is 279 g/mol. The summed E-state index contributed by atoms with van der Waals surface area (Å²) in [7, 11) is 0. The minimum atomic E-state index is 0.134. The average Bonchev–Trinajstić information content (AvgIpc) is 2.45. The SMILES string of the molecule is Cc1ccc(C(=O)c2ccccc2CN2CCC2)cc1C. The highest BCUT2D eigenvalue weighted by Gasteiger charge is 2.18. The zero-order chi connectivity index (χ0) is 14.8. The van der Waals surface area contributed by atoms with E-state index >= 15 is 0 Å². The fourth-order valence-electron chi connectivity index (χ4n) is 2.70. The van der Waals surface area contributed by atoms with Gasteiger partial charge in [0.05, 0.1) is 0 Å². The highest BCUT2D eigenvalue weighted by Crippen LogP contribution is 2.20. The topological polar surface area (TPSA) is 20.3 Å². The third kappa shape index (κ3) is 2.91. The molecule has 2 nitrogen and oxygen atoms in total. The van der Waals surface area contributed by atoms with Crippen molar-refractivity contribution in [2.45, 2.75) is 26.8 Å². The van der Waals surface area contributed by atoms with Gasteiger partial charge in [0.1, 0.15) is 0 Å². The lowest BCUT2D eigenvalue weighted by molar-refractivity contribution is 0.103. The molecule has 0 unspecified atom stereocenters. The minimum Gasteiger partial charge on any atom is -0.299 e. The van der Waals surface area contributed by atoms with Gasteiger partial charge in [-0.1, -0.05) is 36.4 Å². The van der Waals surface area contributed by atoms with Crippen LogP contribution in [0.2, 0.25) is 0 Å². The summed E-state index contributed by atoms with van der Waals surface area (Å²) >= 11 is 0. The Balaban J connectivity index is 1.91. The Bertz CT molecular complexity index is 671. The first-order chi connectivity index (χ1) is 10.1. The van der Waals surface area contributed by atoms with Crippen LogP contribution in [-0.4, -0.2) is 23.8 Å². The average molecular weight is 279 g/mol. The Morgan fingerprint density at radius 3 is 2.48 bits per heavy atom. The normalized spacial score (nSPS) is 14.8. The molecule has 0 saturated carbocycles. The van der Waals surface area contributed by atoms with Gasteiger partial charge in [0.25, 0.3) is 0 Å². The molecule has 108 valence electrons. The highest BCUT2D eigenvalue weighted by atomic mass is 16.1. The molecule has 0 radical (unpaired) electrons. The van der Waals surface area contributed by atoms with Gasteiger partial charge < -0.3 is 0 Å². The van der Waals surface area contributed by atoms with Crippen LogP contribution in [-0.2, 0) is 6.54 Å². The molecule has 3 rings (SSSR count). The Hall–Kier alpha value is -1.93. The third-order valence-corrected chi connectivity index (χ3v) is 4.37. The van der Waals surface area contributed by atoms with Crippen LogP contribution in [0, 0.1) is 13.8 Å². The van der Waals surface area contributed by atoms with Crippen molar-refractivity contribution < 1.29 is 4.79 Å². The van der Waals surface area contributed by atoms with Crippen molar-refractivity contribution in [3.63, 3.8) is 0 Å². The van der Waals surface area contributed by atoms with E-state index in [1.165, 1.54) is 17.5 Å². The van der Waals surface area contributed by atoms with Crippen molar-refractivity contribution in [1.29, 1.82) is 0 Å². The zero-order valence-electron chi connectivity index (χ0n) is 12.7. The molecule has 0 N–H and O–H groups in total. The van der Waals surface area contributed by atoms with Crippen LogP contribution >= 0.6 is 0 Å². The van der Waals surface area contributed by atoms with Crippen molar-refractivity contribution in [2.75, 3.05) is 13.1 Å². The third-order valence-electron chi connectivity index (χ3n) is 4.37. The van der Waals surface area contributed by atoms with Crippen molar-refractivity contribution in [3.8, 4) is 0 Å². The van der Waals surface area contributed by atoms with Crippen LogP contribution < -0.4 is 0 Å². The molecule has 1 aliphatic rings. The molecule has 0 bridgehead atoms. The molecule has 0 spiro atoms. The first-order valence-corrected chi connectivity index (χ1v) is 7.57. The molecule has 2 aromatic carbocycles. The van der Waals surface area contributed by atoms with Gasteiger partial charge in [0, 0.05) is 17.7 Å². The van der Waals surface area contributed by atoms with E-state index in [1.807, 2.05) is 36.4 Å². The van der Waals surface area contributed by atoms with E-state index in [0.29, 0.717) is 0 Å². The second kappa shape index (κ2) is 5.82. The van der Waals surface area contributed by atoms with Crippen LogP contribution in [0.25, 0.3) is 0 Å². The number of rotatable bonds is 4. The molecule has 0 amide bonds. The van der Waals surface area contributed by atoms with E-state index in [4.69, 9.17) is 0 Å². The summed E-state index contributed by atoms with van der Waals surface area (Å²) in [5.41, 5.74) is 5.16. The van der Waals surface area contributed by atoms with E-state index in [2.05, 4.69) is 24.8 Å². The number of nitrogens with zero attached hydrogens (tertiary/aromatic N) is 1. The van der Waals surface area contributed by atoms with E-state index in [9.17, 15) is 4.79 Å². The molecule has 1 fully saturated rings. The van der Waals surface area contributed by atoms with Crippen LogP contribution in [0.3, 0.4) is 0 Å². The van der Waals surface area contributed by atoms with E-state index in [0.717, 1.165) is 36.3 Å². The number of benzene rings is 2. The van der Waals surface area contributed by atoms with Crippen molar-refractivity contribution in [3.05, 3.63) is 70.3 Å². The Morgan fingerprint density at radius 1 is 1.05 bits per heavy atom. The fourth-order valence-corrected chi connectivity index (χ4v) is 2.70. The van der Waals surface area contributed by atoms with Gasteiger partial charge in [-0.15, -0.1) is 0 Å². The Morgan fingerprint density at radius 2 is 1.81 bits per heavy atom. The van der Waals surface area contributed by atoms with Crippen molar-refractivity contribution >= 4 is 5.78 Å². The molecular weight excluding hydrogens is 258 g/mol. The van der Waals surface area contributed by atoms with Gasteiger partial charge in [0.15, 0.2) is 5.78 Å². The number of hydrogen-bond donors (Lipinski definition) is 0. The lowest BCUT2D eigenvalue weighted by Crippen LogP contribution is -2.36. The molecule has 0 aliphatic carbocycles. The molecule has 0 atom stereocenters. The molecule has 1 aliphatic heterocycles. The molecule has 1 heterocycles. The van der Waals surface area contributed by atoms with Gasteiger partial charge in [0.2, 0.25) is 0 Å². The molecule has 2 heteroatoms. The smallest absolute Gasteiger partial charge is 0.193 e. The summed E-state index contributed by atoms with van der Waals surface area (Å²) in [4.78, 5) is 15.2. The molecule has 1 saturated heterocycles. The molecule has 2 aromatic rings. The zero-order valence-corrected chi connectivity index (χ0v) is 12.7. The number of hydrogen-bond acceptors (Lipinski definition) is 2. The Kier molecular flexibility index (Phi) is 3.89. The summed E-state index contributed by atoms with van der Waals surface area (Å²) in [6.07, 6.45) is 1.27. The lowest BCUT2D eigenvalue weighted by atomic mass is 9.95. The Labute approximate surface area is 126 Å². The predicted octanol–water partition coefficient (Wildman–Crippen LogP) is 3.74. The lowest BCUT2D eigenvalue weighted by Gasteiger charge is -2.31. The second-order valence-electron chi connectivity index (χ2n) is 5.92. The largest absolute Gasteiger partial charge is 0.299 e. The van der Waals surface area contributed by atoms with Gasteiger partial charge in [-0.2, -0.15) is 0 Å². The van der Waals surface area contributed by atoms with Gasteiger partial charge in [-0.25, -0.2) is 0 Å². The van der Waals surface area contributed by atoms with Crippen LogP contribution in [0.15, 0.2) is 42.5 Å². The number of aryl methyl sites for hydroxylation is 2. The summed E-state index contributed by atoms with van der Waals surface area (Å²) in [6, 6.07) is 14.0. The maximum absolute atomic E-state index is 12.8. The number of ketones is 1. The van der Waals surface area contributed by atoms with Gasteiger partial charge in [-0.05, 0) is 56.1 Å². The quantitative estimate of drug-likeness (QED) is 0.795. The van der Waals surface area contributed by atoms with Crippen molar-refractivity contribution in [2.24, 2.45) is 0 Å². The summed E-state index contributed by atoms with van der Waals surface area (Å²) < 4.78 is 0. The molecule has 21 heavy (non-hydrogen) atoms. The standard InChI is InChI=1S/C19H21NO/c1-14-8-9-16(12-15(14)2)19(21)18-7-4-3-6-17(18)13-20-10-5-11-20/h3-4,6-9,12H,5,10-11,13H2,1-2H3. The van der Waals surface area contributed by atoms with E-state index < -0.39 is 0 Å². The van der Waals surface area contributed by atoms with Crippen LogP contribution in [0.1, 0.15) is 39.0 Å². The number of likely N-dealkylation sites (tertiary alicyclic amines) is 1. The maximum atomic E-state index is 12.8. The first-order valence-electron chi connectivity index (χ1n) is 7.57. The van der Waals surface area contributed by atoms with Gasteiger partial charge >= 0.3 is 0 Å². The highest BCUT2D eigenvalue weighted by molar-refractivity contribution is 6.10. The van der Waals surface area contributed by atoms with Crippen molar-refractivity contribution in [1.82, 2.24) is 4.90 Å². The second-order valence-corrected chi connectivity index (χ2v) is 5.92. The maximum Gasteiger partial charge on any atom is 0.193 e. The number of carbonyl (C=O) groups excluding carboxylic acids is 1. The van der Waals surface area contributed by atoms with Crippen LogP contribution in [0.4, 0.5) is 0 Å².